The van der Waals surface area contributed by atoms with Gasteiger partial charge in [-0.1, -0.05) is 30.3 Å². The lowest BCUT2D eigenvalue weighted by molar-refractivity contribution is -0.122. The average Bonchev–Trinajstić information content (AvgIpc) is 2.88. The van der Waals surface area contributed by atoms with Gasteiger partial charge in [0.05, 0.1) is 12.6 Å². The van der Waals surface area contributed by atoms with Crippen molar-refractivity contribution in [2.24, 2.45) is 12.8 Å². The van der Waals surface area contributed by atoms with E-state index in [-0.39, 0.29) is 5.91 Å². The first-order valence-corrected chi connectivity index (χ1v) is 6.70. The largest absolute Gasteiger partial charge is 0.348 e. The Morgan fingerprint density at radius 1 is 1.40 bits per heavy atom. The molecule has 1 amide bonds. The molecule has 0 bridgehead atoms. The summed E-state index contributed by atoms with van der Waals surface area (Å²) in [6.45, 7) is 0.404. The molecular weight excluding hydrogens is 252 g/mol. The second kappa shape index (κ2) is 6.86. The van der Waals surface area contributed by atoms with E-state index < -0.39 is 6.04 Å². The Morgan fingerprint density at radius 2 is 2.15 bits per heavy atom. The summed E-state index contributed by atoms with van der Waals surface area (Å²) in [7, 11) is 1.89. The zero-order chi connectivity index (χ0) is 14.4. The van der Waals surface area contributed by atoms with Crippen molar-refractivity contribution >= 4 is 5.91 Å². The Kier molecular flexibility index (Phi) is 4.90. The van der Waals surface area contributed by atoms with E-state index in [0.717, 1.165) is 12.2 Å². The molecule has 0 aliphatic rings. The number of nitrogens with zero attached hydrogens (tertiary/aromatic N) is 2. The maximum Gasteiger partial charge on any atom is 0.237 e. The fourth-order valence-corrected chi connectivity index (χ4v) is 1.96. The molecule has 1 heterocycles. The third-order valence-corrected chi connectivity index (χ3v) is 3.27. The normalized spacial score (nSPS) is 12.1. The molecule has 0 saturated carbocycles. The van der Waals surface area contributed by atoms with Gasteiger partial charge in [0, 0.05) is 19.4 Å². The number of carbonyl (C=O) groups excluding carboxylic acids is 1. The first-order valence-electron chi connectivity index (χ1n) is 6.70. The standard InChI is InChI=1S/C15H20N4O/c1-19-10-9-17-14(19)11-18-15(20)13(16)8-7-12-5-3-2-4-6-12/h2-6,9-10,13H,7-8,11,16H2,1H3,(H,18,20). The van der Waals surface area contributed by atoms with Crippen molar-refractivity contribution in [2.75, 3.05) is 0 Å². The van der Waals surface area contributed by atoms with Crippen molar-refractivity contribution in [1.29, 1.82) is 0 Å². The van der Waals surface area contributed by atoms with E-state index in [0.29, 0.717) is 13.0 Å². The molecule has 1 aromatic carbocycles. The molecule has 0 aliphatic heterocycles. The molecule has 0 fully saturated rings. The van der Waals surface area contributed by atoms with E-state index in [2.05, 4.69) is 10.3 Å². The lowest BCUT2D eigenvalue weighted by Crippen LogP contribution is -2.40. The van der Waals surface area contributed by atoms with Crippen LogP contribution >= 0.6 is 0 Å². The van der Waals surface area contributed by atoms with Gasteiger partial charge in [-0.25, -0.2) is 4.98 Å². The van der Waals surface area contributed by atoms with E-state index in [4.69, 9.17) is 5.73 Å². The summed E-state index contributed by atoms with van der Waals surface area (Å²) in [4.78, 5) is 16.0. The molecule has 1 unspecified atom stereocenters. The molecule has 20 heavy (non-hydrogen) atoms. The first kappa shape index (κ1) is 14.3. The molecule has 0 aliphatic carbocycles. The average molecular weight is 272 g/mol. The van der Waals surface area contributed by atoms with Crippen LogP contribution in [-0.2, 0) is 24.8 Å². The Morgan fingerprint density at radius 3 is 2.80 bits per heavy atom. The number of aromatic nitrogens is 2. The number of imidazole rings is 1. The Hall–Kier alpha value is -2.14. The van der Waals surface area contributed by atoms with Gasteiger partial charge in [0.2, 0.25) is 5.91 Å². The number of rotatable bonds is 6. The quantitative estimate of drug-likeness (QED) is 0.824. The first-order chi connectivity index (χ1) is 9.66. The maximum atomic E-state index is 11.9. The smallest absolute Gasteiger partial charge is 0.237 e. The van der Waals surface area contributed by atoms with Crippen LogP contribution in [0.2, 0.25) is 0 Å². The van der Waals surface area contributed by atoms with Crippen LogP contribution in [0.3, 0.4) is 0 Å². The predicted molar refractivity (Wildman–Crippen MR) is 77.8 cm³/mol. The number of hydrogen-bond acceptors (Lipinski definition) is 3. The Bertz CT molecular complexity index is 550. The van der Waals surface area contributed by atoms with Gasteiger partial charge in [-0.3, -0.25) is 4.79 Å². The molecule has 1 aromatic heterocycles. The minimum atomic E-state index is -0.490. The van der Waals surface area contributed by atoms with Gasteiger partial charge in [-0.15, -0.1) is 0 Å². The maximum absolute atomic E-state index is 11.9. The summed E-state index contributed by atoms with van der Waals surface area (Å²) in [5, 5.41) is 2.81. The lowest BCUT2D eigenvalue weighted by Gasteiger charge is -2.12. The van der Waals surface area contributed by atoms with Crippen LogP contribution in [0.4, 0.5) is 0 Å². The molecule has 2 rings (SSSR count). The van der Waals surface area contributed by atoms with Crippen molar-refractivity contribution in [3.8, 4) is 0 Å². The van der Waals surface area contributed by atoms with Crippen LogP contribution in [0.1, 0.15) is 17.8 Å². The molecule has 0 spiro atoms. The van der Waals surface area contributed by atoms with E-state index in [1.807, 2.05) is 48.1 Å². The minimum absolute atomic E-state index is 0.135. The van der Waals surface area contributed by atoms with Gasteiger partial charge in [0.15, 0.2) is 0 Å². The summed E-state index contributed by atoms with van der Waals surface area (Å²) in [6.07, 6.45) is 4.99. The number of nitrogens with one attached hydrogen (secondary N) is 1. The van der Waals surface area contributed by atoms with Crippen molar-refractivity contribution in [3.63, 3.8) is 0 Å². The summed E-state index contributed by atoms with van der Waals surface area (Å²) in [6, 6.07) is 9.54. The molecule has 106 valence electrons. The molecule has 3 N–H and O–H groups in total. The van der Waals surface area contributed by atoms with Crippen LogP contribution in [0.5, 0.6) is 0 Å². The second-order valence-electron chi connectivity index (χ2n) is 4.80. The van der Waals surface area contributed by atoms with Gasteiger partial charge in [-0.05, 0) is 18.4 Å². The Labute approximate surface area is 118 Å². The second-order valence-corrected chi connectivity index (χ2v) is 4.80. The van der Waals surface area contributed by atoms with E-state index in [9.17, 15) is 4.79 Å². The van der Waals surface area contributed by atoms with Crippen molar-refractivity contribution in [3.05, 3.63) is 54.1 Å². The molecular formula is C15H20N4O. The summed E-state index contributed by atoms with van der Waals surface area (Å²) < 4.78 is 1.87. The number of carbonyl (C=O) groups is 1. The van der Waals surface area contributed by atoms with Crippen molar-refractivity contribution < 1.29 is 4.79 Å². The van der Waals surface area contributed by atoms with Gasteiger partial charge in [0.1, 0.15) is 5.82 Å². The summed E-state index contributed by atoms with van der Waals surface area (Å²) in [5.41, 5.74) is 7.10. The van der Waals surface area contributed by atoms with E-state index in [1.165, 1.54) is 5.56 Å². The lowest BCUT2D eigenvalue weighted by atomic mass is 10.1. The Balaban J connectivity index is 1.76. The molecule has 2 aromatic rings. The topological polar surface area (TPSA) is 72.9 Å². The van der Waals surface area contributed by atoms with Gasteiger partial charge in [-0.2, -0.15) is 0 Å². The number of hydrogen-bond donors (Lipinski definition) is 2. The SMILES string of the molecule is Cn1ccnc1CNC(=O)C(N)CCc1ccccc1. The predicted octanol–water partition coefficient (Wildman–Crippen LogP) is 0.996. The van der Waals surface area contributed by atoms with Crippen LogP contribution in [0, 0.1) is 0 Å². The molecule has 0 radical (unpaired) electrons. The molecule has 0 saturated heterocycles. The zero-order valence-corrected chi connectivity index (χ0v) is 11.6. The fourth-order valence-electron chi connectivity index (χ4n) is 1.96. The van der Waals surface area contributed by atoms with Crippen LogP contribution in [0.15, 0.2) is 42.7 Å². The highest BCUT2D eigenvalue weighted by Crippen LogP contribution is 2.04. The minimum Gasteiger partial charge on any atom is -0.348 e. The molecule has 5 nitrogen and oxygen atoms in total. The highest BCUT2D eigenvalue weighted by molar-refractivity contribution is 5.81. The van der Waals surface area contributed by atoms with Crippen LogP contribution < -0.4 is 11.1 Å². The third-order valence-electron chi connectivity index (χ3n) is 3.27. The van der Waals surface area contributed by atoms with Gasteiger partial charge >= 0.3 is 0 Å². The summed E-state index contributed by atoms with van der Waals surface area (Å²) >= 11 is 0. The summed E-state index contributed by atoms with van der Waals surface area (Å²) in [5.74, 6) is 0.678. The van der Waals surface area contributed by atoms with Crippen LogP contribution in [0.25, 0.3) is 0 Å². The van der Waals surface area contributed by atoms with Gasteiger partial charge in [0.25, 0.3) is 0 Å². The highest BCUT2D eigenvalue weighted by atomic mass is 16.2. The van der Waals surface area contributed by atoms with E-state index >= 15 is 0 Å². The fraction of sp³-hybridized carbons (Fsp3) is 0.333. The number of nitrogens with two attached hydrogens (primary N) is 1. The number of aryl methyl sites for hydroxylation is 2. The van der Waals surface area contributed by atoms with Crippen molar-refractivity contribution in [2.45, 2.75) is 25.4 Å². The zero-order valence-electron chi connectivity index (χ0n) is 11.6. The van der Waals surface area contributed by atoms with Gasteiger partial charge < -0.3 is 15.6 Å². The van der Waals surface area contributed by atoms with E-state index in [1.54, 1.807) is 6.20 Å². The number of benzene rings is 1. The number of amides is 1. The third kappa shape index (κ3) is 3.93. The van der Waals surface area contributed by atoms with Crippen molar-refractivity contribution in [1.82, 2.24) is 14.9 Å². The molecule has 5 heteroatoms. The monoisotopic (exact) mass is 272 g/mol. The van der Waals surface area contributed by atoms with Crippen LogP contribution in [-0.4, -0.2) is 21.5 Å². The molecule has 1 atom stereocenters. The highest BCUT2D eigenvalue weighted by Gasteiger charge is 2.13.